The van der Waals surface area contributed by atoms with Gasteiger partial charge in [0.25, 0.3) is 0 Å². The molecule has 1 heterocycles. The Labute approximate surface area is 153 Å². The molecule has 0 aromatic heterocycles. The van der Waals surface area contributed by atoms with Crippen LogP contribution in [-0.4, -0.2) is 31.5 Å². The zero-order valence-corrected chi connectivity index (χ0v) is 14.8. The Morgan fingerprint density at radius 1 is 1.19 bits per heavy atom. The van der Waals surface area contributed by atoms with Crippen molar-refractivity contribution < 1.29 is 23.9 Å². The number of benzene rings is 2. The highest BCUT2D eigenvalue weighted by Gasteiger charge is 2.27. The van der Waals surface area contributed by atoms with Crippen molar-refractivity contribution in [3.05, 3.63) is 47.5 Å². The summed E-state index contributed by atoms with van der Waals surface area (Å²) in [6.45, 7) is 5.06. The molecule has 0 bridgehead atoms. The normalized spacial score (nSPS) is 12.8. The molecule has 1 aliphatic heterocycles. The molecule has 0 spiro atoms. The molecule has 0 fully saturated rings. The lowest BCUT2D eigenvalue weighted by Gasteiger charge is -2.14. The fourth-order valence-corrected chi connectivity index (χ4v) is 2.61. The third-order valence-electron chi connectivity index (χ3n) is 3.87. The quantitative estimate of drug-likeness (QED) is 0.608. The SMILES string of the molecule is CC(C)OCCOc1cc(C#N)ccc1Oc1ccc2c(c1)COB2O. The summed E-state index contributed by atoms with van der Waals surface area (Å²) in [5, 5.41) is 18.8. The largest absolute Gasteiger partial charge is 0.491 e. The van der Waals surface area contributed by atoms with Gasteiger partial charge in [-0.3, -0.25) is 0 Å². The molecule has 0 saturated carbocycles. The van der Waals surface area contributed by atoms with Gasteiger partial charge in [0, 0.05) is 6.07 Å². The third kappa shape index (κ3) is 4.35. The van der Waals surface area contributed by atoms with Crippen LogP contribution in [-0.2, 0) is 16.0 Å². The molecule has 0 amide bonds. The Morgan fingerprint density at radius 3 is 2.81 bits per heavy atom. The highest BCUT2D eigenvalue weighted by atomic mass is 16.5. The second kappa shape index (κ2) is 8.24. The van der Waals surface area contributed by atoms with Gasteiger partial charge in [0.2, 0.25) is 0 Å². The fourth-order valence-electron chi connectivity index (χ4n) is 2.61. The molecule has 7 heteroatoms. The summed E-state index contributed by atoms with van der Waals surface area (Å²) in [5.74, 6) is 1.59. The molecule has 0 saturated heterocycles. The fraction of sp³-hybridized carbons (Fsp3) is 0.316. The maximum Gasteiger partial charge on any atom is 0.491 e. The van der Waals surface area contributed by atoms with E-state index in [0.717, 1.165) is 11.0 Å². The predicted octanol–water partition coefficient (Wildman–Crippen LogP) is 2.37. The standard InChI is InChI=1S/C19H20BNO5/c1-13(2)23-7-8-24-19-9-14(11-21)3-6-18(19)26-16-4-5-17-15(10-16)12-25-20(17)22/h3-6,9-10,13,22H,7-8,12H2,1-2H3. The van der Waals surface area contributed by atoms with Gasteiger partial charge in [-0.15, -0.1) is 0 Å². The zero-order chi connectivity index (χ0) is 18.5. The van der Waals surface area contributed by atoms with E-state index in [1.807, 2.05) is 19.9 Å². The summed E-state index contributed by atoms with van der Waals surface area (Å²) < 4.78 is 22.3. The van der Waals surface area contributed by atoms with Gasteiger partial charge in [0.05, 0.1) is 31.0 Å². The molecule has 3 rings (SSSR count). The first-order valence-electron chi connectivity index (χ1n) is 8.45. The maximum atomic E-state index is 9.70. The molecule has 6 nitrogen and oxygen atoms in total. The molecule has 1 N–H and O–H groups in total. The number of ether oxygens (including phenoxy) is 3. The lowest BCUT2D eigenvalue weighted by molar-refractivity contribution is 0.0548. The van der Waals surface area contributed by atoms with E-state index in [1.165, 1.54) is 0 Å². The number of hydrogen-bond donors (Lipinski definition) is 1. The molecule has 2 aromatic rings. The first-order chi connectivity index (χ1) is 12.6. The van der Waals surface area contributed by atoms with Crippen molar-refractivity contribution in [2.24, 2.45) is 0 Å². The van der Waals surface area contributed by atoms with E-state index in [2.05, 4.69) is 6.07 Å². The Kier molecular flexibility index (Phi) is 5.79. The summed E-state index contributed by atoms with van der Waals surface area (Å²) in [6, 6.07) is 12.5. The van der Waals surface area contributed by atoms with Crippen molar-refractivity contribution >= 4 is 12.6 Å². The van der Waals surface area contributed by atoms with Crippen molar-refractivity contribution in [3.8, 4) is 23.3 Å². The molecule has 2 aromatic carbocycles. The van der Waals surface area contributed by atoms with E-state index in [0.29, 0.717) is 42.6 Å². The van der Waals surface area contributed by atoms with Gasteiger partial charge in [-0.1, -0.05) is 6.07 Å². The molecule has 1 aliphatic rings. The van der Waals surface area contributed by atoms with Crippen LogP contribution in [0.2, 0.25) is 0 Å². The summed E-state index contributed by atoms with van der Waals surface area (Å²) in [4.78, 5) is 0. The molecule has 0 aliphatic carbocycles. The molecule has 0 unspecified atom stereocenters. The predicted molar refractivity (Wildman–Crippen MR) is 96.7 cm³/mol. The minimum atomic E-state index is -0.881. The van der Waals surface area contributed by atoms with Crippen molar-refractivity contribution in [2.45, 2.75) is 26.6 Å². The van der Waals surface area contributed by atoms with Gasteiger partial charge >= 0.3 is 7.12 Å². The van der Waals surface area contributed by atoms with Gasteiger partial charge < -0.3 is 23.9 Å². The molecule has 0 atom stereocenters. The molecule has 26 heavy (non-hydrogen) atoms. The van der Waals surface area contributed by atoms with Crippen LogP contribution in [0, 0.1) is 11.3 Å². The van der Waals surface area contributed by atoms with Gasteiger partial charge in [0.15, 0.2) is 11.5 Å². The monoisotopic (exact) mass is 353 g/mol. The zero-order valence-electron chi connectivity index (χ0n) is 14.8. The van der Waals surface area contributed by atoms with Crippen LogP contribution in [0.15, 0.2) is 36.4 Å². The van der Waals surface area contributed by atoms with Crippen LogP contribution in [0.4, 0.5) is 0 Å². The van der Waals surface area contributed by atoms with Crippen LogP contribution in [0.3, 0.4) is 0 Å². The van der Waals surface area contributed by atoms with E-state index < -0.39 is 7.12 Å². The minimum Gasteiger partial charge on any atom is -0.487 e. The van der Waals surface area contributed by atoms with E-state index in [-0.39, 0.29) is 6.10 Å². The first-order valence-corrected chi connectivity index (χ1v) is 8.45. The van der Waals surface area contributed by atoms with Gasteiger partial charge in [-0.05, 0) is 49.1 Å². The Bertz CT molecular complexity index is 818. The summed E-state index contributed by atoms with van der Waals surface area (Å²) in [6.07, 6.45) is 0.128. The maximum absolute atomic E-state index is 9.70. The van der Waals surface area contributed by atoms with Gasteiger partial charge in [-0.2, -0.15) is 5.26 Å². The second-order valence-electron chi connectivity index (χ2n) is 6.17. The van der Waals surface area contributed by atoms with Crippen molar-refractivity contribution in [3.63, 3.8) is 0 Å². The van der Waals surface area contributed by atoms with E-state index in [9.17, 15) is 5.02 Å². The van der Waals surface area contributed by atoms with E-state index in [1.54, 1.807) is 30.3 Å². The topological polar surface area (TPSA) is 80.9 Å². The lowest BCUT2D eigenvalue weighted by atomic mass is 9.80. The highest BCUT2D eigenvalue weighted by molar-refractivity contribution is 6.61. The average Bonchev–Trinajstić information content (AvgIpc) is 3.00. The summed E-state index contributed by atoms with van der Waals surface area (Å²) in [5.41, 5.74) is 2.12. The number of nitrogens with zero attached hydrogens (tertiary/aromatic N) is 1. The van der Waals surface area contributed by atoms with Crippen molar-refractivity contribution in [1.29, 1.82) is 5.26 Å². The number of rotatable bonds is 7. The smallest absolute Gasteiger partial charge is 0.487 e. The third-order valence-corrected chi connectivity index (χ3v) is 3.87. The van der Waals surface area contributed by atoms with Gasteiger partial charge in [0.1, 0.15) is 12.4 Å². The Hall–Kier alpha value is -2.53. The average molecular weight is 353 g/mol. The molecule has 0 radical (unpaired) electrons. The minimum absolute atomic E-state index is 0.128. The van der Waals surface area contributed by atoms with E-state index in [4.69, 9.17) is 24.1 Å². The summed E-state index contributed by atoms with van der Waals surface area (Å²) in [7, 11) is -0.881. The van der Waals surface area contributed by atoms with Crippen LogP contribution < -0.4 is 14.9 Å². The molecular formula is C19H20BNO5. The Balaban J connectivity index is 1.75. The summed E-state index contributed by atoms with van der Waals surface area (Å²) >= 11 is 0. The highest BCUT2D eigenvalue weighted by Crippen LogP contribution is 2.33. The number of nitriles is 1. The van der Waals surface area contributed by atoms with Crippen LogP contribution in [0.1, 0.15) is 25.0 Å². The first kappa shape index (κ1) is 18.3. The number of fused-ring (bicyclic) bond motifs is 1. The molecular weight excluding hydrogens is 333 g/mol. The van der Waals surface area contributed by atoms with E-state index >= 15 is 0 Å². The Morgan fingerprint density at radius 2 is 2.04 bits per heavy atom. The van der Waals surface area contributed by atoms with Crippen LogP contribution in [0.25, 0.3) is 0 Å². The van der Waals surface area contributed by atoms with Gasteiger partial charge in [-0.25, -0.2) is 0 Å². The van der Waals surface area contributed by atoms with Crippen LogP contribution in [0.5, 0.6) is 17.2 Å². The second-order valence-corrected chi connectivity index (χ2v) is 6.17. The molecule has 134 valence electrons. The number of hydrogen-bond acceptors (Lipinski definition) is 6. The van der Waals surface area contributed by atoms with Crippen LogP contribution >= 0.6 is 0 Å². The van der Waals surface area contributed by atoms with Crippen molar-refractivity contribution in [1.82, 2.24) is 0 Å². The van der Waals surface area contributed by atoms with Crippen molar-refractivity contribution in [2.75, 3.05) is 13.2 Å². The lowest BCUT2D eigenvalue weighted by Crippen LogP contribution is -2.27.